The highest BCUT2D eigenvalue weighted by Crippen LogP contribution is 2.33. The lowest BCUT2D eigenvalue weighted by Crippen LogP contribution is -2.37. The molecule has 2 aromatic heterocycles. The lowest BCUT2D eigenvalue weighted by molar-refractivity contribution is -0.133. The average Bonchev–Trinajstić information content (AvgIpc) is 3.06. The molecule has 0 radical (unpaired) electrons. The lowest BCUT2D eigenvalue weighted by Gasteiger charge is -2.21. The second-order valence-electron chi connectivity index (χ2n) is 6.93. The van der Waals surface area contributed by atoms with Crippen LogP contribution in [0.2, 0.25) is 0 Å². The van der Waals surface area contributed by atoms with Crippen molar-refractivity contribution in [3.8, 4) is 0 Å². The molecule has 0 aliphatic heterocycles. The summed E-state index contributed by atoms with van der Waals surface area (Å²) in [5, 5.41) is 0.731. The van der Waals surface area contributed by atoms with Crippen LogP contribution in [0, 0.1) is 0 Å². The number of methoxy groups -OCH3 is 1. The minimum Gasteiger partial charge on any atom is -0.383 e. The van der Waals surface area contributed by atoms with E-state index >= 15 is 0 Å². The molecule has 1 aliphatic rings. The number of rotatable bonds is 10. The van der Waals surface area contributed by atoms with Crippen molar-refractivity contribution in [3.05, 3.63) is 26.6 Å². The summed E-state index contributed by atoms with van der Waals surface area (Å²) in [5.41, 5.74) is 1.06. The predicted molar refractivity (Wildman–Crippen MR) is 112 cm³/mol. The number of aromatic amines is 1. The maximum Gasteiger partial charge on any atom is 0.259 e. The normalized spacial score (nSPS) is 13.8. The Balaban J connectivity index is 1.55. The Morgan fingerprint density at radius 3 is 2.93 bits per heavy atom. The molecule has 1 amide bonds. The van der Waals surface area contributed by atoms with Gasteiger partial charge in [0.05, 0.1) is 24.3 Å². The maximum absolute atomic E-state index is 12.7. The number of amides is 1. The van der Waals surface area contributed by atoms with E-state index in [1.165, 1.54) is 23.7 Å². The number of fused-ring (bicyclic) bond motifs is 3. The number of nitrogens with one attached hydrogen (secondary N) is 1. The highest BCUT2D eigenvalue weighted by molar-refractivity contribution is 7.98. The van der Waals surface area contributed by atoms with Crippen LogP contribution in [-0.4, -0.2) is 59.8 Å². The molecule has 3 rings (SSSR count). The number of H-pyrrole nitrogens is 1. The number of alkyl halides is 2. The smallest absolute Gasteiger partial charge is 0.259 e. The van der Waals surface area contributed by atoms with Gasteiger partial charge in [-0.15, -0.1) is 11.3 Å². The summed E-state index contributed by atoms with van der Waals surface area (Å²) >= 11 is 3.06. The van der Waals surface area contributed by atoms with Crippen molar-refractivity contribution in [2.75, 3.05) is 32.6 Å². The molecule has 160 valence electrons. The zero-order valence-corrected chi connectivity index (χ0v) is 18.0. The number of thioether (sulfide) groups is 1. The quantitative estimate of drug-likeness (QED) is 0.569. The van der Waals surface area contributed by atoms with Crippen molar-refractivity contribution in [1.82, 2.24) is 14.9 Å². The number of aryl methyl sites for hydroxylation is 2. The highest BCUT2D eigenvalue weighted by atomic mass is 32.2. The first-order chi connectivity index (χ1) is 14.0. The van der Waals surface area contributed by atoms with Crippen LogP contribution in [0.25, 0.3) is 10.2 Å². The Morgan fingerprint density at radius 1 is 1.38 bits per heavy atom. The van der Waals surface area contributed by atoms with Gasteiger partial charge >= 0.3 is 0 Å². The van der Waals surface area contributed by atoms with Crippen LogP contribution in [-0.2, 0) is 28.1 Å². The van der Waals surface area contributed by atoms with Crippen LogP contribution in [0.1, 0.15) is 35.5 Å². The number of aromatic nitrogens is 2. The molecule has 2 aromatic rings. The summed E-state index contributed by atoms with van der Waals surface area (Å²) in [7, 11) is 1.47. The number of nitrogens with zero attached hydrogens (tertiary/aromatic N) is 2. The first-order valence-electron chi connectivity index (χ1n) is 9.65. The molecule has 0 spiro atoms. The molecule has 0 fully saturated rings. The summed E-state index contributed by atoms with van der Waals surface area (Å²) in [6.07, 6.45) is 1.80. The van der Waals surface area contributed by atoms with Crippen molar-refractivity contribution in [2.24, 2.45) is 0 Å². The number of ether oxygens (including phenoxy) is 1. The third-order valence-corrected chi connectivity index (χ3v) is 7.01. The number of halogens is 2. The molecule has 0 saturated heterocycles. The van der Waals surface area contributed by atoms with Gasteiger partial charge in [0.25, 0.3) is 12.0 Å². The number of hydrogen-bond acceptors (Lipinski definition) is 6. The first kappa shape index (κ1) is 22.2. The minimum absolute atomic E-state index is 0.0937. The molecule has 0 saturated carbocycles. The Kier molecular flexibility index (Phi) is 8.02. The lowest BCUT2D eigenvalue weighted by atomic mass is 9.97. The third kappa shape index (κ3) is 5.76. The standard InChI is InChI=1S/C19H25F2N3O3S2/c1-27-8-7-24(10-14(20)21)16(25)6-9-28-11-15-22-18(26)17-12-4-2-3-5-13(12)29-19(17)23-15/h14H,2-11H2,1H3,(H,22,23,26). The number of carbonyl (C=O) groups is 1. The summed E-state index contributed by atoms with van der Waals surface area (Å²) < 4.78 is 30.2. The van der Waals surface area contributed by atoms with Crippen LogP contribution < -0.4 is 5.56 Å². The molecule has 1 N–H and O–H groups in total. The van der Waals surface area contributed by atoms with Crippen molar-refractivity contribution >= 4 is 39.2 Å². The average molecular weight is 446 g/mol. The molecule has 2 heterocycles. The van der Waals surface area contributed by atoms with Gasteiger partial charge in [0, 0.05) is 30.7 Å². The summed E-state index contributed by atoms with van der Waals surface area (Å²) in [4.78, 5) is 35.4. The fourth-order valence-electron chi connectivity index (χ4n) is 3.45. The van der Waals surface area contributed by atoms with Crippen LogP contribution in [0.4, 0.5) is 8.78 Å². The molecule has 0 bridgehead atoms. The molecule has 6 nitrogen and oxygen atoms in total. The Labute approximate surface area is 176 Å². The van der Waals surface area contributed by atoms with Gasteiger partial charge < -0.3 is 14.6 Å². The van der Waals surface area contributed by atoms with Crippen molar-refractivity contribution in [3.63, 3.8) is 0 Å². The molecular formula is C19H25F2N3O3S2. The van der Waals surface area contributed by atoms with Gasteiger partial charge in [-0.2, -0.15) is 11.8 Å². The van der Waals surface area contributed by atoms with Gasteiger partial charge in [-0.05, 0) is 31.2 Å². The maximum atomic E-state index is 12.7. The van der Waals surface area contributed by atoms with E-state index in [1.807, 2.05) is 0 Å². The zero-order chi connectivity index (χ0) is 20.8. The van der Waals surface area contributed by atoms with Gasteiger partial charge in [0.15, 0.2) is 0 Å². The Bertz CT molecular complexity index is 901. The van der Waals surface area contributed by atoms with Crippen LogP contribution in [0.3, 0.4) is 0 Å². The number of hydrogen-bond donors (Lipinski definition) is 1. The molecule has 29 heavy (non-hydrogen) atoms. The van der Waals surface area contributed by atoms with Crippen LogP contribution in [0.15, 0.2) is 4.79 Å². The topological polar surface area (TPSA) is 75.3 Å². The van der Waals surface area contributed by atoms with E-state index in [4.69, 9.17) is 4.74 Å². The van der Waals surface area contributed by atoms with Crippen molar-refractivity contribution in [2.45, 2.75) is 44.3 Å². The van der Waals surface area contributed by atoms with E-state index in [2.05, 4.69) is 9.97 Å². The minimum atomic E-state index is -2.57. The number of carbonyl (C=O) groups excluding carboxylic acids is 1. The van der Waals surface area contributed by atoms with Gasteiger partial charge in [0.2, 0.25) is 5.91 Å². The van der Waals surface area contributed by atoms with Gasteiger partial charge in [-0.3, -0.25) is 9.59 Å². The van der Waals surface area contributed by atoms with Crippen molar-refractivity contribution < 1.29 is 18.3 Å². The van der Waals surface area contributed by atoms with Gasteiger partial charge in [0.1, 0.15) is 10.7 Å². The first-order valence-corrected chi connectivity index (χ1v) is 11.6. The molecule has 0 unspecified atom stereocenters. The largest absolute Gasteiger partial charge is 0.383 e. The van der Waals surface area contributed by atoms with Crippen LogP contribution >= 0.6 is 23.1 Å². The number of thiophene rings is 1. The summed E-state index contributed by atoms with van der Waals surface area (Å²) in [6.45, 7) is -0.206. The fourth-order valence-corrected chi connectivity index (χ4v) is 5.52. The second kappa shape index (κ2) is 10.5. The summed E-state index contributed by atoms with van der Waals surface area (Å²) in [5.74, 6) is 1.20. The van der Waals surface area contributed by atoms with E-state index in [0.717, 1.165) is 46.4 Å². The fraction of sp³-hybridized carbons (Fsp3) is 0.632. The van der Waals surface area contributed by atoms with Gasteiger partial charge in [-0.1, -0.05) is 0 Å². The summed E-state index contributed by atoms with van der Waals surface area (Å²) in [6, 6.07) is 0. The Hall–Kier alpha value is -1.52. The molecule has 10 heteroatoms. The van der Waals surface area contributed by atoms with E-state index in [9.17, 15) is 18.4 Å². The second-order valence-corrected chi connectivity index (χ2v) is 9.12. The highest BCUT2D eigenvalue weighted by Gasteiger charge is 2.20. The molecule has 0 aromatic carbocycles. The van der Waals surface area contributed by atoms with Crippen molar-refractivity contribution in [1.29, 1.82) is 0 Å². The molecule has 0 atom stereocenters. The van der Waals surface area contributed by atoms with Gasteiger partial charge in [-0.25, -0.2) is 13.8 Å². The van der Waals surface area contributed by atoms with E-state index in [1.54, 1.807) is 11.3 Å². The SMILES string of the molecule is COCCN(CC(F)F)C(=O)CCSCc1nc2sc3c(c2c(=O)[nH]1)CCCC3. The van der Waals surface area contributed by atoms with E-state index < -0.39 is 13.0 Å². The monoisotopic (exact) mass is 445 g/mol. The Morgan fingerprint density at radius 2 is 2.17 bits per heavy atom. The molecule has 1 aliphatic carbocycles. The van der Waals surface area contributed by atoms with Crippen LogP contribution in [0.5, 0.6) is 0 Å². The van der Waals surface area contributed by atoms with E-state index in [0.29, 0.717) is 17.3 Å². The third-order valence-electron chi connectivity index (χ3n) is 4.85. The zero-order valence-electron chi connectivity index (χ0n) is 16.3. The molecular weight excluding hydrogens is 420 g/mol. The predicted octanol–water partition coefficient (Wildman–Crippen LogP) is 3.23. The van der Waals surface area contributed by atoms with E-state index in [-0.39, 0.29) is 31.0 Å².